The molecule has 1 atom stereocenters. The highest BCUT2D eigenvalue weighted by atomic mass is 16.3. The fourth-order valence-corrected chi connectivity index (χ4v) is 1.54. The Morgan fingerprint density at radius 3 is 2.44 bits per heavy atom. The summed E-state index contributed by atoms with van der Waals surface area (Å²) in [7, 11) is 0. The van der Waals surface area contributed by atoms with Crippen LogP contribution in [0.5, 0.6) is 11.5 Å². The van der Waals surface area contributed by atoms with Gasteiger partial charge in [-0.15, -0.1) is 0 Å². The number of benzene rings is 1. The third-order valence-corrected chi connectivity index (χ3v) is 3.28. The van der Waals surface area contributed by atoms with Gasteiger partial charge in [-0.25, -0.2) is 0 Å². The first kappa shape index (κ1) is 14.8. The molecule has 4 heteroatoms. The van der Waals surface area contributed by atoms with E-state index in [1.54, 1.807) is 6.07 Å². The largest absolute Gasteiger partial charge is 0.504 e. The summed E-state index contributed by atoms with van der Waals surface area (Å²) in [6.45, 7) is 7.71. The molecule has 0 amide bonds. The minimum atomic E-state index is -0.691. The number of phenols is 2. The standard InChI is InChI=1S/C14H23NO3/c1-4-14(2,3)9-15-8-13(18)10-5-6-11(16)12(17)7-10/h5-7,13,15-18H,4,8-9H2,1-3H3. The first-order chi connectivity index (χ1) is 8.35. The molecule has 0 bridgehead atoms. The van der Waals surface area contributed by atoms with Gasteiger partial charge in [0.25, 0.3) is 0 Å². The molecule has 1 aromatic rings. The normalized spacial score (nSPS) is 13.6. The number of hydrogen-bond acceptors (Lipinski definition) is 4. The molecule has 0 radical (unpaired) electrons. The molecule has 0 spiro atoms. The Balaban J connectivity index is 2.50. The zero-order chi connectivity index (χ0) is 13.8. The van der Waals surface area contributed by atoms with E-state index in [0.717, 1.165) is 13.0 Å². The van der Waals surface area contributed by atoms with Crippen LogP contribution in [0.3, 0.4) is 0 Å². The minimum Gasteiger partial charge on any atom is -0.504 e. The third kappa shape index (κ3) is 4.20. The molecule has 0 aliphatic heterocycles. The lowest BCUT2D eigenvalue weighted by Crippen LogP contribution is -2.31. The Kier molecular flexibility index (Phi) is 4.99. The molecule has 0 aliphatic rings. The minimum absolute atomic E-state index is 0.175. The molecule has 1 aromatic carbocycles. The molecule has 102 valence electrons. The summed E-state index contributed by atoms with van der Waals surface area (Å²) in [4.78, 5) is 0. The molecule has 0 saturated heterocycles. The number of phenolic OH excluding ortho intramolecular Hbond substituents is 2. The summed E-state index contributed by atoms with van der Waals surface area (Å²) in [6, 6.07) is 4.36. The lowest BCUT2D eigenvalue weighted by Gasteiger charge is -2.24. The smallest absolute Gasteiger partial charge is 0.157 e. The van der Waals surface area contributed by atoms with Gasteiger partial charge in [0, 0.05) is 13.1 Å². The van der Waals surface area contributed by atoms with Gasteiger partial charge in [0.2, 0.25) is 0 Å². The van der Waals surface area contributed by atoms with E-state index in [-0.39, 0.29) is 16.9 Å². The highest BCUT2D eigenvalue weighted by Crippen LogP contribution is 2.27. The first-order valence-electron chi connectivity index (χ1n) is 6.26. The number of aliphatic hydroxyl groups is 1. The van der Waals surface area contributed by atoms with Crippen LogP contribution in [0.15, 0.2) is 18.2 Å². The van der Waals surface area contributed by atoms with E-state index in [0.29, 0.717) is 12.1 Å². The van der Waals surface area contributed by atoms with Crippen molar-refractivity contribution < 1.29 is 15.3 Å². The third-order valence-electron chi connectivity index (χ3n) is 3.28. The van der Waals surface area contributed by atoms with Crippen LogP contribution in [0.1, 0.15) is 38.9 Å². The second-order valence-electron chi connectivity index (χ2n) is 5.41. The summed E-state index contributed by atoms with van der Waals surface area (Å²) in [6.07, 6.45) is 0.375. The van der Waals surface area contributed by atoms with Gasteiger partial charge in [-0.3, -0.25) is 0 Å². The summed E-state index contributed by atoms with van der Waals surface area (Å²) in [5.74, 6) is -0.383. The first-order valence-corrected chi connectivity index (χ1v) is 6.26. The van der Waals surface area contributed by atoms with E-state index in [2.05, 4.69) is 26.1 Å². The molecule has 0 heterocycles. The lowest BCUT2D eigenvalue weighted by atomic mass is 9.90. The zero-order valence-corrected chi connectivity index (χ0v) is 11.3. The monoisotopic (exact) mass is 253 g/mol. The van der Waals surface area contributed by atoms with Gasteiger partial charge in [0.05, 0.1) is 6.10 Å². The van der Waals surface area contributed by atoms with Crippen molar-refractivity contribution in [1.29, 1.82) is 0 Å². The molecule has 0 aromatic heterocycles. The van der Waals surface area contributed by atoms with Crippen molar-refractivity contribution in [3.8, 4) is 11.5 Å². The summed E-state index contributed by atoms with van der Waals surface area (Å²) in [5.41, 5.74) is 0.795. The Morgan fingerprint density at radius 1 is 1.22 bits per heavy atom. The fraction of sp³-hybridized carbons (Fsp3) is 0.571. The molecular formula is C14H23NO3. The number of aliphatic hydroxyl groups excluding tert-OH is 1. The molecule has 4 N–H and O–H groups in total. The van der Waals surface area contributed by atoms with E-state index in [4.69, 9.17) is 0 Å². The Hall–Kier alpha value is -1.26. The summed E-state index contributed by atoms with van der Waals surface area (Å²) in [5, 5.41) is 31.7. The van der Waals surface area contributed by atoms with Crippen LogP contribution in [-0.4, -0.2) is 28.4 Å². The van der Waals surface area contributed by atoms with Crippen LogP contribution in [0.2, 0.25) is 0 Å². The van der Waals surface area contributed by atoms with Gasteiger partial charge in [0.1, 0.15) is 0 Å². The maximum absolute atomic E-state index is 9.95. The summed E-state index contributed by atoms with van der Waals surface area (Å²) >= 11 is 0. The molecule has 18 heavy (non-hydrogen) atoms. The van der Waals surface area contributed by atoms with Gasteiger partial charge in [0.15, 0.2) is 11.5 Å². The SMILES string of the molecule is CCC(C)(C)CNCC(O)c1ccc(O)c(O)c1. The zero-order valence-electron chi connectivity index (χ0n) is 11.3. The van der Waals surface area contributed by atoms with Crippen molar-refractivity contribution in [3.05, 3.63) is 23.8 Å². The number of aromatic hydroxyl groups is 2. The molecule has 0 saturated carbocycles. The van der Waals surface area contributed by atoms with Crippen LogP contribution < -0.4 is 5.32 Å². The van der Waals surface area contributed by atoms with Crippen molar-refractivity contribution >= 4 is 0 Å². The Morgan fingerprint density at radius 2 is 1.89 bits per heavy atom. The Labute approximate surface area is 108 Å². The van der Waals surface area contributed by atoms with Gasteiger partial charge >= 0.3 is 0 Å². The maximum Gasteiger partial charge on any atom is 0.157 e. The molecule has 0 fully saturated rings. The quantitative estimate of drug-likeness (QED) is 0.586. The highest BCUT2D eigenvalue weighted by Gasteiger charge is 2.16. The number of rotatable bonds is 6. The van der Waals surface area contributed by atoms with E-state index >= 15 is 0 Å². The van der Waals surface area contributed by atoms with Gasteiger partial charge in [-0.05, 0) is 29.5 Å². The van der Waals surface area contributed by atoms with Crippen molar-refractivity contribution in [2.75, 3.05) is 13.1 Å². The number of nitrogens with one attached hydrogen (secondary N) is 1. The predicted octanol–water partition coefficient (Wildman–Crippen LogP) is 2.16. The number of hydrogen-bond donors (Lipinski definition) is 4. The summed E-state index contributed by atoms with van der Waals surface area (Å²) < 4.78 is 0. The van der Waals surface area contributed by atoms with E-state index in [1.165, 1.54) is 12.1 Å². The Bertz CT molecular complexity index is 391. The fourth-order valence-electron chi connectivity index (χ4n) is 1.54. The van der Waals surface area contributed by atoms with Gasteiger partial charge in [-0.2, -0.15) is 0 Å². The second kappa shape index (κ2) is 6.07. The lowest BCUT2D eigenvalue weighted by molar-refractivity contribution is 0.167. The van der Waals surface area contributed by atoms with Crippen molar-refractivity contribution in [1.82, 2.24) is 5.32 Å². The van der Waals surface area contributed by atoms with Crippen LogP contribution in [-0.2, 0) is 0 Å². The van der Waals surface area contributed by atoms with Crippen LogP contribution in [0.25, 0.3) is 0 Å². The maximum atomic E-state index is 9.95. The molecular weight excluding hydrogens is 230 g/mol. The van der Waals surface area contributed by atoms with E-state index < -0.39 is 6.10 Å². The van der Waals surface area contributed by atoms with Gasteiger partial charge in [-0.1, -0.05) is 26.8 Å². The van der Waals surface area contributed by atoms with E-state index in [9.17, 15) is 15.3 Å². The average Bonchev–Trinajstić information content (AvgIpc) is 2.32. The topological polar surface area (TPSA) is 72.7 Å². The van der Waals surface area contributed by atoms with E-state index in [1.807, 2.05) is 0 Å². The molecule has 1 rings (SSSR count). The van der Waals surface area contributed by atoms with Crippen molar-refractivity contribution in [2.24, 2.45) is 5.41 Å². The van der Waals surface area contributed by atoms with Crippen LogP contribution in [0.4, 0.5) is 0 Å². The second-order valence-corrected chi connectivity index (χ2v) is 5.41. The average molecular weight is 253 g/mol. The van der Waals surface area contributed by atoms with Crippen molar-refractivity contribution in [2.45, 2.75) is 33.3 Å². The molecule has 0 aliphatic carbocycles. The van der Waals surface area contributed by atoms with Crippen LogP contribution in [0, 0.1) is 5.41 Å². The predicted molar refractivity (Wildman–Crippen MR) is 71.7 cm³/mol. The van der Waals surface area contributed by atoms with Crippen molar-refractivity contribution in [3.63, 3.8) is 0 Å². The van der Waals surface area contributed by atoms with Gasteiger partial charge < -0.3 is 20.6 Å². The molecule has 4 nitrogen and oxygen atoms in total. The molecule has 1 unspecified atom stereocenters. The van der Waals surface area contributed by atoms with Crippen LogP contribution >= 0.6 is 0 Å². The highest BCUT2D eigenvalue weighted by molar-refractivity contribution is 5.41.